The maximum Gasteiger partial charge on any atom is 0.155 e. The summed E-state index contributed by atoms with van der Waals surface area (Å²) in [6, 6.07) is 1.96. The van der Waals surface area contributed by atoms with Gasteiger partial charge in [0.1, 0.15) is 12.7 Å². The summed E-state index contributed by atoms with van der Waals surface area (Å²) in [5, 5.41) is 8.84. The first-order chi connectivity index (χ1) is 9.93. The molecule has 0 bridgehead atoms. The van der Waals surface area contributed by atoms with E-state index in [1.54, 1.807) is 61.3 Å². The zero-order valence-electron chi connectivity index (χ0n) is 10.8. The quantitative estimate of drug-likeness (QED) is 0.676. The van der Waals surface area contributed by atoms with E-state index >= 15 is 0 Å². The first kappa shape index (κ1) is 15.1. The van der Waals surface area contributed by atoms with Crippen LogP contribution < -0.4 is 0 Å². The summed E-state index contributed by atoms with van der Waals surface area (Å²) in [7, 11) is 0. The third-order valence-corrected chi connectivity index (χ3v) is 1.86. The van der Waals surface area contributed by atoms with Crippen LogP contribution in [0.5, 0.6) is 0 Å². The average molecular weight is 266 g/mol. The highest BCUT2D eigenvalue weighted by molar-refractivity contribution is 6.00. The molecule has 5 nitrogen and oxygen atoms in total. The Hall–Kier alpha value is -3.00. The molecule has 1 heterocycles. The lowest BCUT2D eigenvalue weighted by Gasteiger charge is -1.95. The standard InChI is InChI=1S/C15H14N4O/c16-13-15-14-20-12-5-1-2-7-17-8-3-4-9-18-10-6-11-19-15/h1-12H,14H2/b2-1-,8-3-,9-4-,11-6-,12-5-,17-7+,18-10-,19-15?. The number of allylic oxidation sites excluding steroid dienone is 6. The lowest BCUT2D eigenvalue weighted by Crippen LogP contribution is -2.02. The van der Waals surface area contributed by atoms with Crippen LogP contribution in [0.2, 0.25) is 0 Å². The smallest absolute Gasteiger partial charge is 0.155 e. The van der Waals surface area contributed by atoms with Gasteiger partial charge in [-0.2, -0.15) is 5.26 Å². The van der Waals surface area contributed by atoms with Crippen LogP contribution in [0.3, 0.4) is 0 Å². The Morgan fingerprint density at radius 3 is 2.40 bits per heavy atom. The highest BCUT2D eigenvalue weighted by Crippen LogP contribution is 1.87. The number of ether oxygens (including phenoxy) is 1. The van der Waals surface area contributed by atoms with Gasteiger partial charge in [-0.15, -0.1) is 0 Å². The van der Waals surface area contributed by atoms with Gasteiger partial charge < -0.3 is 4.74 Å². The fraction of sp³-hybridized carbons (Fsp3) is 0.0667. The van der Waals surface area contributed by atoms with E-state index in [9.17, 15) is 0 Å². The molecule has 0 aliphatic carbocycles. The monoisotopic (exact) mass is 266 g/mol. The van der Waals surface area contributed by atoms with E-state index < -0.39 is 0 Å². The van der Waals surface area contributed by atoms with Crippen LogP contribution >= 0.6 is 0 Å². The van der Waals surface area contributed by atoms with E-state index in [1.165, 1.54) is 12.5 Å². The third-order valence-electron chi connectivity index (χ3n) is 1.86. The fourth-order valence-electron chi connectivity index (χ4n) is 1.01. The average Bonchev–Trinajstić information content (AvgIpc) is 2.47. The largest absolute Gasteiger partial charge is 0.494 e. The van der Waals surface area contributed by atoms with Gasteiger partial charge in [-0.25, -0.2) is 4.99 Å². The molecule has 0 spiro atoms. The topological polar surface area (TPSA) is 70.1 Å². The molecule has 0 unspecified atom stereocenters. The Bertz CT molecular complexity index is 555. The van der Waals surface area contributed by atoms with Gasteiger partial charge >= 0.3 is 0 Å². The molecule has 20 heavy (non-hydrogen) atoms. The zero-order chi connectivity index (χ0) is 14.3. The van der Waals surface area contributed by atoms with Crippen LogP contribution in [0.25, 0.3) is 0 Å². The summed E-state index contributed by atoms with van der Waals surface area (Å²) in [6.45, 7) is 0.124. The molecule has 0 aromatic heterocycles. The SMILES string of the molecule is N#CC1=N\C=C/C=N\C=C/C=C\N=C\C=C/C=C\OC1. The zero-order valence-corrected chi connectivity index (χ0v) is 10.8. The molecular weight excluding hydrogens is 252 g/mol. The maximum atomic E-state index is 8.84. The van der Waals surface area contributed by atoms with Crippen molar-refractivity contribution in [3.05, 3.63) is 61.3 Å². The molecule has 100 valence electrons. The summed E-state index contributed by atoms with van der Waals surface area (Å²) in [6.07, 6.45) is 19.9. The van der Waals surface area contributed by atoms with E-state index in [-0.39, 0.29) is 12.3 Å². The Morgan fingerprint density at radius 2 is 1.65 bits per heavy atom. The minimum Gasteiger partial charge on any atom is -0.494 e. The lowest BCUT2D eigenvalue weighted by atomic mass is 10.4. The second-order valence-corrected chi connectivity index (χ2v) is 3.33. The number of rotatable bonds is 0. The summed E-state index contributed by atoms with van der Waals surface area (Å²) in [5.74, 6) is 0. The van der Waals surface area contributed by atoms with Crippen molar-refractivity contribution in [1.82, 2.24) is 0 Å². The number of hydrogen-bond acceptors (Lipinski definition) is 5. The normalized spacial score (nSPS) is 27.2. The van der Waals surface area contributed by atoms with Crippen molar-refractivity contribution < 1.29 is 4.74 Å². The van der Waals surface area contributed by atoms with Crippen LogP contribution in [0.4, 0.5) is 0 Å². The van der Waals surface area contributed by atoms with Gasteiger partial charge in [0.05, 0.1) is 6.26 Å². The molecule has 0 aromatic carbocycles. The van der Waals surface area contributed by atoms with Crippen LogP contribution in [0.15, 0.2) is 76.3 Å². The van der Waals surface area contributed by atoms with Crippen LogP contribution in [0, 0.1) is 11.3 Å². The molecule has 1 aliphatic heterocycles. The molecule has 0 N–H and O–H groups in total. The van der Waals surface area contributed by atoms with Crippen molar-refractivity contribution >= 4 is 18.1 Å². The van der Waals surface area contributed by atoms with Crippen molar-refractivity contribution in [2.24, 2.45) is 15.0 Å². The van der Waals surface area contributed by atoms with Crippen molar-refractivity contribution in [3.8, 4) is 6.07 Å². The Morgan fingerprint density at radius 1 is 0.900 bits per heavy atom. The second kappa shape index (κ2) is 11.1. The van der Waals surface area contributed by atoms with E-state index in [2.05, 4.69) is 15.0 Å². The summed E-state index contributed by atoms with van der Waals surface area (Å²) in [4.78, 5) is 11.9. The van der Waals surface area contributed by atoms with Crippen molar-refractivity contribution in [1.29, 1.82) is 5.26 Å². The number of hydrogen-bond donors (Lipinski definition) is 0. The van der Waals surface area contributed by atoms with Gasteiger partial charge in [0.2, 0.25) is 0 Å². The summed E-state index contributed by atoms with van der Waals surface area (Å²) < 4.78 is 5.16. The lowest BCUT2D eigenvalue weighted by molar-refractivity contribution is 0.303. The maximum absolute atomic E-state index is 8.84. The molecule has 0 saturated carbocycles. The molecule has 0 atom stereocenters. The van der Waals surface area contributed by atoms with Crippen molar-refractivity contribution in [2.75, 3.05) is 6.61 Å². The van der Waals surface area contributed by atoms with Gasteiger partial charge in [0.15, 0.2) is 5.71 Å². The fourth-order valence-corrected chi connectivity index (χ4v) is 1.01. The molecular formula is C15H14N4O. The molecule has 0 saturated heterocycles. The van der Waals surface area contributed by atoms with Gasteiger partial charge in [0.25, 0.3) is 0 Å². The summed E-state index contributed by atoms with van der Waals surface area (Å²) >= 11 is 0. The number of nitrogens with zero attached hydrogens (tertiary/aromatic N) is 4. The third kappa shape index (κ3) is 8.14. The van der Waals surface area contributed by atoms with Gasteiger partial charge in [0, 0.05) is 31.0 Å². The van der Waals surface area contributed by atoms with Crippen molar-refractivity contribution in [2.45, 2.75) is 0 Å². The molecule has 0 aromatic rings. The molecule has 5 heteroatoms. The highest BCUT2D eigenvalue weighted by Gasteiger charge is 1.93. The Kier molecular flexibility index (Phi) is 8.37. The van der Waals surface area contributed by atoms with E-state index in [1.807, 2.05) is 6.07 Å². The second-order valence-electron chi connectivity index (χ2n) is 3.33. The van der Waals surface area contributed by atoms with E-state index in [0.29, 0.717) is 0 Å². The predicted molar refractivity (Wildman–Crippen MR) is 81.7 cm³/mol. The van der Waals surface area contributed by atoms with E-state index in [4.69, 9.17) is 10.00 Å². The van der Waals surface area contributed by atoms with Crippen molar-refractivity contribution in [3.63, 3.8) is 0 Å². The van der Waals surface area contributed by atoms with Gasteiger partial charge in [-0.1, -0.05) is 6.08 Å². The van der Waals surface area contributed by atoms with Gasteiger partial charge in [-0.3, -0.25) is 9.98 Å². The first-order valence-electron chi connectivity index (χ1n) is 5.87. The Balaban J connectivity index is 2.75. The summed E-state index contributed by atoms with van der Waals surface area (Å²) in [5.41, 5.74) is 0.282. The molecule has 0 amide bonds. The molecule has 1 rings (SSSR count). The minimum absolute atomic E-state index is 0.124. The predicted octanol–water partition coefficient (Wildman–Crippen LogP) is 2.73. The Labute approximate surface area is 118 Å². The molecule has 0 radical (unpaired) electrons. The number of aliphatic imine (C=N–C) groups is 3. The first-order valence-corrected chi connectivity index (χ1v) is 5.87. The molecule has 0 fully saturated rings. The van der Waals surface area contributed by atoms with Crippen LogP contribution in [-0.4, -0.2) is 24.7 Å². The van der Waals surface area contributed by atoms with Crippen LogP contribution in [0.1, 0.15) is 0 Å². The van der Waals surface area contributed by atoms with E-state index in [0.717, 1.165) is 0 Å². The minimum atomic E-state index is 0.124. The highest BCUT2D eigenvalue weighted by atomic mass is 16.5. The van der Waals surface area contributed by atoms with Gasteiger partial charge in [-0.05, 0) is 30.4 Å². The number of nitriles is 1. The van der Waals surface area contributed by atoms with Crippen LogP contribution in [-0.2, 0) is 4.74 Å². The molecule has 1 aliphatic rings.